The number of rotatable bonds is 5. The molecule has 7 nitrogen and oxygen atoms in total. The smallest absolute Gasteiger partial charge is 0.228 e. The van der Waals surface area contributed by atoms with E-state index in [1.54, 1.807) is 6.07 Å². The number of anilines is 4. The van der Waals surface area contributed by atoms with Crippen molar-refractivity contribution >= 4 is 29.4 Å². The van der Waals surface area contributed by atoms with Crippen LogP contribution < -0.4 is 16.0 Å². The van der Waals surface area contributed by atoms with E-state index >= 15 is 0 Å². The van der Waals surface area contributed by atoms with Crippen molar-refractivity contribution in [1.29, 1.82) is 5.41 Å². The van der Waals surface area contributed by atoms with Crippen molar-refractivity contribution in [2.24, 2.45) is 0 Å². The molecule has 0 radical (unpaired) electrons. The van der Waals surface area contributed by atoms with Crippen LogP contribution in [0.3, 0.4) is 0 Å². The standard InChI is InChI=1S/C21H22N6O.2H2/c22-14-16-12-17(6-7-18(16)23)24-20-13-19(15-4-2-1-3-5-15)25-21(26-20)27-8-10-28-11-9-27;;/h1-7,12-14,22H,8-11,23H2,(H,24,25,26);2*1H. The lowest BCUT2D eigenvalue weighted by molar-refractivity contribution is 0.122. The van der Waals surface area contributed by atoms with Gasteiger partial charge in [-0.3, -0.25) is 0 Å². The highest BCUT2D eigenvalue weighted by molar-refractivity contribution is 5.87. The topological polar surface area (TPSA) is 100 Å². The van der Waals surface area contributed by atoms with E-state index in [4.69, 9.17) is 25.8 Å². The lowest BCUT2D eigenvalue weighted by atomic mass is 10.1. The molecule has 7 heteroatoms. The van der Waals surface area contributed by atoms with Gasteiger partial charge in [-0.1, -0.05) is 30.3 Å². The number of benzene rings is 2. The maximum absolute atomic E-state index is 7.50. The highest BCUT2D eigenvalue weighted by Crippen LogP contribution is 2.26. The number of hydrogen-bond acceptors (Lipinski definition) is 7. The Morgan fingerprint density at radius 3 is 2.61 bits per heavy atom. The molecule has 0 bridgehead atoms. The first kappa shape index (κ1) is 17.9. The lowest BCUT2D eigenvalue weighted by Crippen LogP contribution is -2.37. The number of nitrogen functional groups attached to an aromatic ring is 1. The molecule has 2 aromatic carbocycles. The van der Waals surface area contributed by atoms with E-state index in [0.717, 1.165) is 30.0 Å². The van der Waals surface area contributed by atoms with Gasteiger partial charge in [0.1, 0.15) is 5.82 Å². The van der Waals surface area contributed by atoms with Gasteiger partial charge in [0.2, 0.25) is 5.95 Å². The molecule has 2 heterocycles. The second kappa shape index (κ2) is 8.06. The third-order valence-electron chi connectivity index (χ3n) is 4.59. The predicted octanol–water partition coefficient (Wildman–Crippen LogP) is 3.80. The molecule has 0 unspecified atom stereocenters. The van der Waals surface area contributed by atoms with Gasteiger partial charge >= 0.3 is 0 Å². The van der Waals surface area contributed by atoms with Crippen molar-refractivity contribution in [1.82, 2.24) is 9.97 Å². The van der Waals surface area contributed by atoms with Crippen molar-refractivity contribution in [2.45, 2.75) is 0 Å². The monoisotopic (exact) mass is 378 g/mol. The second-order valence-electron chi connectivity index (χ2n) is 6.52. The third kappa shape index (κ3) is 3.94. The van der Waals surface area contributed by atoms with Crippen LogP contribution in [0.2, 0.25) is 0 Å². The van der Waals surface area contributed by atoms with Gasteiger partial charge in [0, 0.05) is 50.7 Å². The second-order valence-corrected chi connectivity index (χ2v) is 6.52. The van der Waals surface area contributed by atoms with E-state index in [2.05, 4.69) is 10.2 Å². The zero-order chi connectivity index (χ0) is 19.3. The first-order chi connectivity index (χ1) is 13.7. The number of aromatic nitrogens is 2. The molecule has 4 rings (SSSR count). The molecule has 0 spiro atoms. The summed E-state index contributed by atoms with van der Waals surface area (Å²) >= 11 is 0. The van der Waals surface area contributed by atoms with Crippen LogP contribution in [0.4, 0.5) is 23.1 Å². The van der Waals surface area contributed by atoms with Gasteiger partial charge in [0.15, 0.2) is 0 Å². The zero-order valence-corrected chi connectivity index (χ0v) is 15.4. The summed E-state index contributed by atoms with van der Waals surface area (Å²) in [4.78, 5) is 11.6. The van der Waals surface area contributed by atoms with E-state index in [-0.39, 0.29) is 2.85 Å². The van der Waals surface area contributed by atoms with Crippen LogP contribution in [0.15, 0.2) is 54.6 Å². The van der Waals surface area contributed by atoms with E-state index in [1.807, 2.05) is 48.5 Å². The van der Waals surface area contributed by atoms with E-state index in [9.17, 15) is 0 Å². The number of morpholine rings is 1. The Kier molecular flexibility index (Phi) is 5.16. The Bertz CT molecular complexity index is 980. The first-order valence-corrected chi connectivity index (χ1v) is 9.17. The Morgan fingerprint density at radius 1 is 1.07 bits per heavy atom. The molecule has 1 aliphatic heterocycles. The highest BCUT2D eigenvalue weighted by Gasteiger charge is 2.16. The molecule has 1 aliphatic rings. The Hall–Kier alpha value is -3.45. The number of nitrogens with one attached hydrogen (secondary N) is 2. The fourth-order valence-corrected chi connectivity index (χ4v) is 3.09. The molecule has 1 fully saturated rings. The SMILES string of the molecule is N=Cc1cc(Nc2cc(-c3ccccc3)nc(N3CCOCC3)n2)ccc1N.[HH].[HH]. The summed E-state index contributed by atoms with van der Waals surface area (Å²) in [7, 11) is 0. The number of nitrogens with zero attached hydrogens (tertiary/aromatic N) is 3. The summed E-state index contributed by atoms with van der Waals surface area (Å²) in [6, 6.07) is 17.5. The van der Waals surface area contributed by atoms with Gasteiger partial charge in [0.05, 0.1) is 18.9 Å². The van der Waals surface area contributed by atoms with Gasteiger partial charge in [0.25, 0.3) is 0 Å². The van der Waals surface area contributed by atoms with Crippen molar-refractivity contribution in [3.63, 3.8) is 0 Å². The van der Waals surface area contributed by atoms with Crippen LogP contribution in [0, 0.1) is 5.41 Å². The fraction of sp³-hybridized carbons (Fsp3) is 0.190. The van der Waals surface area contributed by atoms with E-state index < -0.39 is 0 Å². The minimum Gasteiger partial charge on any atom is -0.398 e. The molecule has 1 aromatic heterocycles. The molecular formula is C21H26N6O. The summed E-state index contributed by atoms with van der Waals surface area (Å²) in [6.07, 6.45) is 1.25. The Labute approximate surface area is 166 Å². The number of ether oxygens (including phenoxy) is 1. The predicted molar refractivity (Wildman–Crippen MR) is 117 cm³/mol. The quantitative estimate of drug-likeness (QED) is 0.461. The average molecular weight is 378 g/mol. The molecular weight excluding hydrogens is 352 g/mol. The minimum atomic E-state index is 0. The van der Waals surface area contributed by atoms with Gasteiger partial charge < -0.3 is 26.1 Å². The third-order valence-corrected chi connectivity index (χ3v) is 4.59. The summed E-state index contributed by atoms with van der Waals surface area (Å²) in [6.45, 7) is 2.86. The summed E-state index contributed by atoms with van der Waals surface area (Å²) < 4.78 is 5.45. The maximum Gasteiger partial charge on any atom is 0.228 e. The van der Waals surface area contributed by atoms with E-state index in [1.165, 1.54) is 6.21 Å². The molecule has 0 amide bonds. The van der Waals surface area contributed by atoms with Crippen molar-refractivity contribution < 1.29 is 7.59 Å². The molecule has 0 aliphatic carbocycles. The van der Waals surface area contributed by atoms with Crippen LogP contribution in [-0.2, 0) is 4.74 Å². The summed E-state index contributed by atoms with van der Waals surface area (Å²) in [5.41, 5.74) is 9.82. The molecule has 1 saturated heterocycles. The highest BCUT2D eigenvalue weighted by atomic mass is 16.5. The zero-order valence-electron chi connectivity index (χ0n) is 15.4. The summed E-state index contributed by atoms with van der Waals surface area (Å²) in [5.74, 6) is 1.37. The van der Waals surface area contributed by atoms with Crippen LogP contribution in [0.5, 0.6) is 0 Å². The van der Waals surface area contributed by atoms with Gasteiger partial charge in [-0.05, 0) is 18.2 Å². The normalized spacial score (nSPS) is 13.9. The van der Waals surface area contributed by atoms with Crippen LogP contribution in [0.1, 0.15) is 8.42 Å². The molecule has 4 N–H and O–H groups in total. The largest absolute Gasteiger partial charge is 0.398 e. The van der Waals surface area contributed by atoms with Gasteiger partial charge in [-0.15, -0.1) is 0 Å². The fourth-order valence-electron chi connectivity index (χ4n) is 3.09. The van der Waals surface area contributed by atoms with E-state index in [0.29, 0.717) is 36.2 Å². The molecule has 28 heavy (non-hydrogen) atoms. The average Bonchev–Trinajstić information content (AvgIpc) is 2.76. The lowest BCUT2D eigenvalue weighted by Gasteiger charge is -2.27. The maximum atomic E-state index is 7.50. The molecule has 0 saturated carbocycles. The van der Waals surface area contributed by atoms with Gasteiger partial charge in [-0.2, -0.15) is 4.98 Å². The van der Waals surface area contributed by atoms with Crippen molar-refractivity contribution in [2.75, 3.05) is 42.3 Å². The van der Waals surface area contributed by atoms with Gasteiger partial charge in [-0.25, -0.2) is 4.98 Å². The molecule has 146 valence electrons. The number of nitrogens with two attached hydrogens (primary N) is 1. The Morgan fingerprint density at radius 2 is 1.86 bits per heavy atom. The molecule has 0 atom stereocenters. The van der Waals surface area contributed by atoms with Crippen LogP contribution >= 0.6 is 0 Å². The minimum absolute atomic E-state index is 0. The van der Waals surface area contributed by atoms with Crippen molar-refractivity contribution in [3.8, 4) is 11.3 Å². The van der Waals surface area contributed by atoms with Crippen LogP contribution in [0.25, 0.3) is 11.3 Å². The van der Waals surface area contributed by atoms with Crippen LogP contribution in [-0.4, -0.2) is 42.5 Å². The first-order valence-electron chi connectivity index (χ1n) is 9.17. The van der Waals surface area contributed by atoms with Crippen molar-refractivity contribution in [3.05, 3.63) is 60.2 Å². The molecule has 3 aromatic rings. The summed E-state index contributed by atoms with van der Waals surface area (Å²) in [5, 5.41) is 10.8. The number of hydrogen-bond donors (Lipinski definition) is 3. The Balaban J connectivity index is 0.00000160.